The third-order valence-electron chi connectivity index (χ3n) is 2.88. The van der Waals surface area contributed by atoms with Crippen molar-refractivity contribution in [3.8, 4) is 5.69 Å². The molecule has 2 aromatic rings. The van der Waals surface area contributed by atoms with Crippen LogP contribution in [0.4, 0.5) is 0 Å². The maximum Gasteiger partial charge on any atom is 0.219 e. The Morgan fingerprint density at radius 2 is 2.21 bits per heavy atom. The molecule has 5 nitrogen and oxygen atoms in total. The molecule has 0 radical (unpaired) electrons. The number of aryl methyl sites for hydroxylation is 1. The Balaban J connectivity index is 2.23. The van der Waals surface area contributed by atoms with E-state index in [0.29, 0.717) is 11.6 Å². The zero-order chi connectivity index (χ0) is 14.0. The molecular formula is C13H15ClN4O. The van der Waals surface area contributed by atoms with E-state index < -0.39 is 0 Å². The smallest absolute Gasteiger partial charge is 0.219 e. The van der Waals surface area contributed by atoms with Crippen molar-refractivity contribution in [2.24, 2.45) is 0 Å². The summed E-state index contributed by atoms with van der Waals surface area (Å²) in [6.07, 6.45) is 1.82. The first kappa shape index (κ1) is 13.5. The fraction of sp³-hybridized carbons (Fsp3) is 0.308. The predicted molar refractivity (Wildman–Crippen MR) is 73.3 cm³/mol. The van der Waals surface area contributed by atoms with E-state index in [1.165, 1.54) is 6.92 Å². The van der Waals surface area contributed by atoms with Crippen molar-refractivity contribution >= 4 is 17.5 Å². The van der Waals surface area contributed by atoms with Crippen molar-refractivity contribution < 1.29 is 4.79 Å². The standard InChI is InChI=1S/C13H15ClN4O/c1-9-6-11(14)4-5-13(9)18-8-12(15-16-18)7-17(3)10(2)19/h4-6,8H,7H2,1-3H3. The Kier molecular flexibility index (Phi) is 3.85. The molecule has 1 heterocycles. The van der Waals surface area contributed by atoms with Gasteiger partial charge in [0.05, 0.1) is 18.4 Å². The van der Waals surface area contributed by atoms with Crippen LogP contribution >= 0.6 is 11.6 Å². The normalized spacial score (nSPS) is 10.5. The molecule has 0 saturated carbocycles. The molecule has 0 spiro atoms. The van der Waals surface area contributed by atoms with E-state index in [1.54, 1.807) is 16.6 Å². The number of benzene rings is 1. The zero-order valence-corrected chi connectivity index (χ0v) is 11.8. The van der Waals surface area contributed by atoms with Gasteiger partial charge in [0.25, 0.3) is 0 Å². The summed E-state index contributed by atoms with van der Waals surface area (Å²) in [5.74, 6) is -0.00257. The number of carbonyl (C=O) groups excluding carboxylic acids is 1. The molecule has 0 bridgehead atoms. The summed E-state index contributed by atoms with van der Waals surface area (Å²) in [5, 5.41) is 8.83. The Morgan fingerprint density at radius 3 is 2.84 bits per heavy atom. The van der Waals surface area contributed by atoms with Gasteiger partial charge >= 0.3 is 0 Å². The van der Waals surface area contributed by atoms with E-state index in [9.17, 15) is 4.79 Å². The van der Waals surface area contributed by atoms with Crippen molar-refractivity contribution in [3.05, 3.63) is 40.7 Å². The molecule has 0 atom stereocenters. The number of rotatable bonds is 3. The molecule has 19 heavy (non-hydrogen) atoms. The number of carbonyl (C=O) groups is 1. The van der Waals surface area contributed by atoms with E-state index in [0.717, 1.165) is 16.9 Å². The molecule has 0 aliphatic carbocycles. The van der Waals surface area contributed by atoms with Crippen LogP contribution < -0.4 is 0 Å². The highest BCUT2D eigenvalue weighted by Crippen LogP contribution is 2.18. The fourth-order valence-corrected chi connectivity index (χ4v) is 1.95. The van der Waals surface area contributed by atoms with E-state index in [4.69, 9.17) is 11.6 Å². The maximum absolute atomic E-state index is 11.2. The van der Waals surface area contributed by atoms with Crippen LogP contribution in [-0.2, 0) is 11.3 Å². The maximum atomic E-state index is 11.2. The van der Waals surface area contributed by atoms with E-state index >= 15 is 0 Å². The molecule has 0 N–H and O–H groups in total. The van der Waals surface area contributed by atoms with Crippen LogP contribution in [-0.4, -0.2) is 32.8 Å². The van der Waals surface area contributed by atoms with Gasteiger partial charge in [-0.2, -0.15) is 0 Å². The third-order valence-corrected chi connectivity index (χ3v) is 3.12. The minimum atomic E-state index is -0.00257. The molecule has 0 unspecified atom stereocenters. The highest BCUT2D eigenvalue weighted by molar-refractivity contribution is 6.30. The first-order chi connectivity index (χ1) is 8.97. The number of hydrogen-bond acceptors (Lipinski definition) is 3. The van der Waals surface area contributed by atoms with Crippen molar-refractivity contribution in [2.45, 2.75) is 20.4 Å². The Hall–Kier alpha value is -1.88. The monoisotopic (exact) mass is 278 g/mol. The predicted octanol–water partition coefficient (Wildman–Crippen LogP) is 2.21. The van der Waals surface area contributed by atoms with Crippen LogP contribution in [0.1, 0.15) is 18.2 Å². The van der Waals surface area contributed by atoms with Gasteiger partial charge in [-0.25, -0.2) is 4.68 Å². The van der Waals surface area contributed by atoms with Gasteiger partial charge in [0.1, 0.15) is 5.69 Å². The van der Waals surface area contributed by atoms with E-state index in [1.807, 2.05) is 31.3 Å². The Morgan fingerprint density at radius 1 is 1.47 bits per heavy atom. The van der Waals surface area contributed by atoms with Gasteiger partial charge in [-0.1, -0.05) is 16.8 Å². The minimum Gasteiger partial charge on any atom is -0.340 e. The molecule has 2 rings (SSSR count). The molecule has 1 aromatic carbocycles. The van der Waals surface area contributed by atoms with Crippen molar-refractivity contribution in [1.82, 2.24) is 19.9 Å². The molecule has 1 amide bonds. The summed E-state index contributed by atoms with van der Waals surface area (Å²) in [6, 6.07) is 5.58. The highest BCUT2D eigenvalue weighted by atomic mass is 35.5. The van der Waals surface area contributed by atoms with Crippen LogP contribution in [0.5, 0.6) is 0 Å². The van der Waals surface area contributed by atoms with Gasteiger partial charge in [0, 0.05) is 19.0 Å². The lowest BCUT2D eigenvalue weighted by atomic mass is 10.2. The third kappa shape index (κ3) is 3.12. The number of nitrogens with zero attached hydrogens (tertiary/aromatic N) is 4. The van der Waals surface area contributed by atoms with Gasteiger partial charge in [-0.05, 0) is 30.7 Å². The van der Waals surface area contributed by atoms with E-state index in [-0.39, 0.29) is 5.91 Å². The zero-order valence-electron chi connectivity index (χ0n) is 11.1. The average molecular weight is 279 g/mol. The van der Waals surface area contributed by atoms with Gasteiger partial charge in [0.2, 0.25) is 5.91 Å². The lowest BCUT2D eigenvalue weighted by molar-refractivity contribution is -0.128. The molecule has 100 valence electrons. The summed E-state index contributed by atoms with van der Waals surface area (Å²) in [5.41, 5.74) is 2.68. The van der Waals surface area contributed by atoms with Crippen LogP contribution in [0.25, 0.3) is 5.69 Å². The van der Waals surface area contributed by atoms with Gasteiger partial charge < -0.3 is 4.90 Å². The lowest BCUT2D eigenvalue weighted by Gasteiger charge is -2.11. The average Bonchev–Trinajstić information content (AvgIpc) is 2.77. The Labute approximate surface area is 116 Å². The Bertz CT molecular complexity index is 608. The van der Waals surface area contributed by atoms with Crippen LogP contribution in [0.3, 0.4) is 0 Å². The molecule has 0 saturated heterocycles. The van der Waals surface area contributed by atoms with Crippen molar-refractivity contribution in [3.63, 3.8) is 0 Å². The number of aromatic nitrogens is 3. The molecule has 0 aliphatic rings. The van der Waals surface area contributed by atoms with Gasteiger partial charge in [-0.3, -0.25) is 4.79 Å². The fourth-order valence-electron chi connectivity index (χ4n) is 1.72. The second-order valence-electron chi connectivity index (χ2n) is 4.46. The van der Waals surface area contributed by atoms with Crippen molar-refractivity contribution in [2.75, 3.05) is 7.05 Å². The van der Waals surface area contributed by atoms with Gasteiger partial charge in [-0.15, -0.1) is 5.10 Å². The second-order valence-corrected chi connectivity index (χ2v) is 4.90. The summed E-state index contributed by atoms with van der Waals surface area (Å²) in [7, 11) is 1.73. The number of amides is 1. The first-order valence-corrected chi connectivity index (χ1v) is 6.24. The number of halogens is 1. The van der Waals surface area contributed by atoms with Crippen LogP contribution in [0.2, 0.25) is 5.02 Å². The molecule has 0 aliphatic heterocycles. The van der Waals surface area contributed by atoms with Gasteiger partial charge in [0.15, 0.2) is 0 Å². The van der Waals surface area contributed by atoms with E-state index in [2.05, 4.69) is 10.3 Å². The summed E-state index contributed by atoms with van der Waals surface area (Å²) in [6.45, 7) is 3.93. The summed E-state index contributed by atoms with van der Waals surface area (Å²) >= 11 is 5.92. The molecule has 6 heteroatoms. The summed E-state index contributed by atoms with van der Waals surface area (Å²) in [4.78, 5) is 12.8. The SMILES string of the molecule is CC(=O)N(C)Cc1cn(-c2ccc(Cl)cc2C)nn1. The topological polar surface area (TPSA) is 51.0 Å². The lowest BCUT2D eigenvalue weighted by Crippen LogP contribution is -2.23. The highest BCUT2D eigenvalue weighted by Gasteiger charge is 2.09. The first-order valence-electron chi connectivity index (χ1n) is 5.87. The van der Waals surface area contributed by atoms with Crippen molar-refractivity contribution in [1.29, 1.82) is 0 Å². The molecular weight excluding hydrogens is 264 g/mol. The molecule has 1 aromatic heterocycles. The molecule has 0 fully saturated rings. The van der Waals surface area contributed by atoms with Crippen LogP contribution in [0, 0.1) is 6.92 Å². The quantitative estimate of drug-likeness (QED) is 0.865. The largest absolute Gasteiger partial charge is 0.340 e. The minimum absolute atomic E-state index is 0.00257. The second kappa shape index (κ2) is 5.40. The summed E-state index contributed by atoms with van der Waals surface area (Å²) < 4.78 is 1.69. The van der Waals surface area contributed by atoms with Crippen LogP contribution in [0.15, 0.2) is 24.4 Å². The number of hydrogen-bond donors (Lipinski definition) is 0.